The molecule has 84 valence electrons. The van der Waals surface area contributed by atoms with Gasteiger partial charge in [0.15, 0.2) is 0 Å². The van der Waals surface area contributed by atoms with Gasteiger partial charge in [0, 0.05) is 6.61 Å². The molecule has 14 heavy (non-hydrogen) atoms. The lowest BCUT2D eigenvalue weighted by atomic mass is 10.5. The van der Waals surface area contributed by atoms with Gasteiger partial charge in [0.1, 0.15) is 8.24 Å². The molecule has 1 aliphatic rings. The Bertz CT molecular complexity index is 193. The fourth-order valence-corrected chi connectivity index (χ4v) is 12.7. The normalized spacial score (nSPS) is 29.8. The molecule has 0 aromatic rings. The summed E-state index contributed by atoms with van der Waals surface area (Å²) in [6, 6.07) is 2.63. The van der Waals surface area contributed by atoms with Crippen LogP contribution in [0, 0.1) is 0 Å². The second-order valence-corrected chi connectivity index (χ2v) is 14.4. The van der Waals surface area contributed by atoms with Crippen LogP contribution < -0.4 is 0 Å². The molecule has 0 aromatic carbocycles. The van der Waals surface area contributed by atoms with Gasteiger partial charge in [0.2, 0.25) is 0 Å². The summed E-state index contributed by atoms with van der Waals surface area (Å²) in [5.74, 6) is 0. The van der Waals surface area contributed by atoms with E-state index < -0.39 is 16.7 Å². The number of hydrogen-bond donors (Lipinski definition) is 0. The first-order chi connectivity index (χ1) is 6.46. The lowest BCUT2D eigenvalue weighted by Gasteiger charge is -2.42. The Balaban J connectivity index is 2.83. The van der Waals surface area contributed by atoms with Crippen LogP contribution in [0.1, 0.15) is 20.3 Å². The molecule has 0 spiro atoms. The predicted molar refractivity (Wildman–Crippen MR) is 67.3 cm³/mol. The molecule has 2 nitrogen and oxygen atoms in total. The Kier molecular flexibility index (Phi) is 3.97. The van der Waals surface area contributed by atoms with Crippen molar-refractivity contribution >= 4 is 16.7 Å². The summed E-state index contributed by atoms with van der Waals surface area (Å²) < 4.78 is 8.99. The van der Waals surface area contributed by atoms with E-state index in [2.05, 4.69) is 37.7 Å². The molecule has 0 saturated carbocycles. The Hall–Kier alpha value is 0.354. The lowest BCUT2D eigenvalue weighted by Crippen LogP contribution is -2.61. The fraction of sp³-hybridized carbons (Fsp3) is 1.00. The first kappa shape index (κ1) is 12.4. The summed E-state index contributed by atoms with van der Waals surface area (Å²) in [4.78, 5) is 0. The van der Waals surface area contributed by atoms with Gasteiger partial charge in [-0.25, -0.2) is 0 Å². The quantitative estimate of drug-likeness (QED) is 0.690. The van der Waals surface area contributed by atoms with Crippen LogP contribution in [0.4, 0.5) is 0 Å². The maximum atomic E-state index is 6.18. The van der Waals surface area contributed by atoms with Crippen molar-refractivity contribution in [2.45, 2.75) is 52.0 Å². The molecule has 0 amide bonds. The summed E-state index contributed by atoms with van der Waals surface area (Å²) in [7, 11) is -2.62. The molecule has 0 bridgehead atoms. The molecule has 0 aromatic heterocycles. The Morgan fingerprint density at radius 3 is 2.36 bits per heavy atom. The molecular weight excluding hydrogens is 206 g/mol. The van der Waals surface area contributed by atoms with Crippen LogP contribution in [0.15, 0.2) is 0 Å². The maximum Gasteiger partial charge on any atom is 0.264 e. The molecule has 0 radical (unpaired) electrons. The monoisotopic (exact) mass is 231 g/mol. The van der Waals surface area contributed by atoms with E-state index in [1.54, 1.807) is 0 Å². The highest BCUT2D eigenvalue weighted by Gasteiger charge is 2.48. The third kappa shape index (κ3) is 2.29. The van der Waals surface area contributed by atoms with E-state index in [0.29, 0.717) is 0 Å². The van der Waals surface area contributed by atoms with Crippen LogP contribution in [-0.4, -0.2) is 34.1 Å². The van der Waals surface area contributed by atoms with E-state index in [4.69, 9.17) is 4.43 Å². The van der Waals surface area contributed by atoms with Gasteiger partial charge in [-0.2, -0.15) is 0 Å². The minimum absolute atomic E-state index is 0.904. The standard InChI is InChI=1S/C10H25NOSi2/c1-6-12-14(7-2)10-8-9-11(14)13(3,4)5/h6-10H2,1-5H3. The molecule has 0 N–H and O–H groups in total. The van der Waals surface area contributed by atoms with E-state index in [1.807, 2.05) is 0 Å². The minimum Gasteiger partial charge on any atom is -0.404 e. The van der Waals surface area contributed by atoms with Crippen molar-refractivity contribution in [3.63, 3.8) is 0 Å². The van der Waals surface area contributed by atoms with Crippen LogP contribution in [0.3, 0.4) is 0 Å². The predicted octanol–water partition coefficient (Wildman–Crippen LogP) is 3.03. The number of hydrogen-bond acceptors (Lipinski definition) is 2. The third-order valence-electron chi connectivity index (χ3n) is 3.22. The molecule has 4 heteroatoms. The van der Waals surface area contributed by atoms with Crippen molar-refractivity contribution in [3.05, 3.63) is 0 Å². The van der Waals surface area contributed by atoms with Crippen LogP contribution in [0.25, 0.3) is 0 Å². The lowest BCUT2D eigenvalue weighted by molar-refractivity contribution is 0.295. The smallest absolute Gasteiger partial charge is 0.264 e. The van der Waals surface area contributed by atoms with Gasteiger partial charge in [0.05, 0.1) is 0 Å². The maximum absolute atomic E-state index is 6.18. The SMILES string of the molecule is CCO[Si]1(CC)CCCN1[Si](C)(C)C. The van der Waals surface area contributed by atoms with Crippen molar-refractivity contribution in [3.8, 4) is 0 Å². The van der Waals surface area contributed by atoms with Crippen molar-refractivity contribution in [1.29, 1.82) is 0 Å². The highest BCUT2D eigenvalue weighted by atomic mass is 28.4. The molecule has 1 saturated heterocycles. The van der Waals surface area contributed by atoms with Gasteiger partial charge < -0.3 is 8.66 Å². The second kappa shape index (κ2) is 4.47. The van der Waals surface area contributed by atoms with Gasteiger partial charge in [-0.1, -0.05) is 26.6 Å². The van der Waals surface area contributed by atoms with E-state index in [-0.39, 0.29) is 0 Å². The van der Waals surface area contributed by atoms with Crippen LogP contribution >= 0.6 is 0 Å². The highest BCUT2D eigenvalue weighted by Crippen LogP contribution is 2.34. The second-order valence-electron chi connectivity index (χ2n) is 5.16. The summed E-state index contributed by atoms with van der Waals surface area (Å²) in [6.45, 7) is 14.0. The zero-order chi connectivity index (χ0) is 10.8. The zero-order valence-electron chi connectivity index (χ0n) is 10.4. The van der Waals surface area contributed by atoms with Crippen molar-refractivity contribution in [2.24, 2.45) is 0 Å². The minimum atomic E-state index is -1.48. The van der Waals surface area contributed by atoms with Gasteiger partial charge >= 0.3 is 0 Å². The van der Waals surface area contributed by atoms with Crippen molar-refractivity contribution < 1.29 is 4.43 Å². The number of rotatable bonds is 4. The van der Waals surface area contributed by atoms with Crippen molar-refractivity contribution in [2.75, 3.05) is 13.2 Å². The van der Waals surface area contributed by atoms with Crippen LogP contribution in [0.2, 0.25) is 31.7 Å². The fourth-order valence-electron chi connectivity index (χ4n) is 2.69. The van der Waals surface area contributed by atoms with Gasteiger partial charge in [-0.3, -0.25) is 0 Å². The zero-order valence-corrected chi connectivity index (χ0v) is 12.4. The summed E-state index contributed by atoms with van der Waals surface area (Å²) in [5.41, 5.74) is 0. The van der Waals surface area contributed by atoms with Gasteiger partial charge in [-0.05, 0) is 32.0 Å². The van der Waals surface area contributed by atoms with Crippen molar-refractivity contribution in [1.82, 2.24) is 4.23 Å². The molecule has 1 fully saturated rings. The van der Waals surface area contributed by atoms with Crippen LogP contribution in [-0.2, 0) is 4.43 Å². The van der Waals surface area contributed by atoms with Crippen LogP contribution in [0.5, 0.6) is 0 Å². The largest absolute Gasteiger partial charge is 0.404 e. The van der Waals surface area contributed by atoms with E-state index in [9.17, 15) is 0 Å². The average molecular weight is 231 g/mol. The first-order valence-corrected chi connectivity index (χ1v) is 11.6. The topological polar surface area (TPSA) is 12.5 Å². The first-order valence-electron chi connectivity index (χ1n) is 5.88. The molecular formula is C10H25NOSi2. The summed E-state index contributed by atoms with van der Waals surface area (Å²) in [5, 5.41) is 0. The average Bonchev–Trinajstić information content (AvgIpc) is 2.49. The summed E-state index contributed by atoms with van der Waals surface area (Å²) in [6.07, 6.45) is 1.37. The highest BCUT2D eigenvalue weighted by molar-refractivity contribution is 6.88. The number of nitrogens with zero attached hydrogens (tertiary/aromatic N) is 1. The molecule has 1 atom stereocenters. The van der Waals surface area contributed by atoms with E-state index in [1.165, 1.54) is 25.1 Å². The third-order valence-corrected chi connectivity index (χ3v) is 12.6. The summed E-state index contributed by atoms with van der Waals surface area (Å²) >= 11 is 0. The van der Waals surface area contributed by atoms with Gasteiger partial charge in [-0.15, -0.1) is 0 Å². The van der Waals surface area contributed by atoms with E-state index in [0.717, 1.165) is 6.61 Å². The molecule has 1 rings (SSSR count). The Labute approximate surface area is 90.9 Å². The molecule has 0 aliphatic carbocycles. The van der Waals surface area contributed by atoms with Gasteiger partial charge in [0.25, 0.3) is 8.48 Å². The molecule has 1 unspecified atom stereocenters. The molecule has 1 aliphatic heterocycles. The Morgan fingerprint density at radius 2 is 1.93 bits per heavy atom. The Morgan fingerprint density at radius 1 is 1.29 bits per heavy atom. The van der Waals surface area contributed by atoms with E-state index >= 15 is 0 Å². The molecule has 1 heterocycles.